The molecule has 0 unspecified atom stereocenters. The van der Waals surface area contributed by atoms with Gasteiger partial charge >= 0.3 is 0 Å². The Kier molecular flexibility index (Phi) is 31.5. The predicted octanol–water partition coefficient (Wildman–Crippen LogP) is 38.4. The van der Waals surface area contributed by atoms with Crippen molar-refractivity contribution in [3.63, 3.8) is 0 Å². The summed E-state index contributed by atoms with van der Waals surface area (Å²) in [7, 11) is 0. The maximum Gasteiger partial charge on any atom is 0.180 e. The molecule has 3 aromatic heterocycles. The van der Waals surface area contributed by atoms with E-state index in [2.05, 4.69) is 406 Å². The zero-order chi connectivity index (χ0) is 81.6. The molecule has 2 nitrogen and oxygen atoms in total. The highest BCUT2D eigenvalue weighted by atomic mass is 32.1. The predicted molar refractivity (Wildman–Crippen MR) is 574 cm³/mol. The van der Waals surface area contributed by atoms with E-state index >= 15 is 0 Å². The van der Waals surface area contributed by atoms with Gasteiger partial charge in [-0.3, -0.25) is 0 Å². The SMILES string of the molecule is C.C.C.C.C.C.C.Cc1ccc(-c2ccc3c4ccccc4c4ccccc4c3c2)cc1.Cc1ccc2c3ccccc3c3ccccc3c2c1.Cc1ccc2sc3ccccc3c2c1.Cc1cccc(-c2ccc3c4ccccc4c4ccccc4c3c2)c1.Cc1cccc2c1sc1ccccc12.Cc1ccccc1.Cc1sc(-c2ccccc2)c2c1OCCO2. The summed E-state index contributed by atoms with van der Waals surface area (Å²) in [5.74, 6) is 1.84. The number of benzene rings is 20. The van der Waals surface area contributed by atoms with Gasteiger partial charge in [0, 0.05) is 45.2 Å². The molecule has 0 bridgehead atoms. The third-order valence-electron chi connectivity index (χ3n) is 22.8. The van der Waals surface area contributed by atoms with Crippen molar-refractivity contribution in [2.45, 2.75) is 100 Å². The Bertz CT molecular complexity index is 7560. The van der Waals surface area contributed by atoms with Crippen molar-refractivity contribution in [3.05, 3.63) is 433 Å². The summed E-state index contributed by atoms with van der Waals surface area (Å²) in [6.07, 6.45) is 0. The van der Waals surface area contributed by atoms with Crippen LogP contribution in [-0.2, 0) is 0 Å². The number of fused-ring (bicyclic) bond motifs is 25. The summed E-state index contributed by atoms with van der Waals surface area (Å²) in [4.78, 5) is 2.36. The van der Waals surface area contributed by atoms with Gasteiger partial charge in [-0.05, 0) is 215 Å². The standard InChI is InChI=1S/2C25H18.C19H14.C13H12O2S.2C13H10S.C7H8.7CH4/c1-17-7-6-8-18(15-17)19-13-14-24-22-11-3-2-9-20(22)21-10-4-5-12-23(21)25(24)16-19;1-17-10-12-18(13-11-17)19-14-15-24-22-8-3-2-6-20(22)21-7-4-5-9-23(21)25(24)16-19;1-13-10-11-18-16-8-3-2-6-14(16)15-7-4-5-9-17(15)19(18)12-13;1-9-11-12(15-8-7-14-11)13(16-9)10-5-3-2-4-6-10;1-9-5-4-7-11-10-6-2-3-8-12(10)14-13(9)11;1-9-6-7-13-11(8-9)10-4-2-3-5-12(10)14-13;1-7-5-3-2-4-6-7;;;;;;;/h2*2-16H,1H3;2-12H,1H3;2-6H,7-8H2,1H3;2*2-8H,1H3;2-6H,1H3;7*1H4. The molecule has 20 aromatic carbocycles. The lowest BCUT2D eigenvalue weighted by atomic mass is 9.92. The summed E-state index contributed by atoms with van der Waals surface area (Å²) in [6.45, 7) is 16.2. The van der Waals surface area contributed by atoms with E-state index in [1.54, 1.807) is 11.3 Å². The first-order valence-electron chi connectivity index (χ1n) is 41.2. The highest BCUT2D eigenvalue weighted by Crippen LogP contribution is 2.49. The maximum atomic E-state index is 5.72. The highest BCUT2D eigenvalue weighted by molar-refractivity contribution is 7.26. The fourth-order valence-electron chi connectivity index (χ4n) is 16.9. The van der Waals surface area contributed by atoms with Crippen molar-refractivity contribution in [2.24, 2.45) is 0 Å². The van der Waals surface area contributed by atoms with E-state index in [1.807, 2.05) is 59.1 Å². The van der Waals surface area contributed by atoms with Gasteiger partial charge in [0.05, 0.1) is 4.88 Å². The minimum atomic E-state index is 0. The number of rotatable bonds is 3. The van der Waals surface area contributed by atoms with Crippen LogP contribution < -0.4 is 9.47 Å². The van der Waals surface area contributed by atoms with Crippen LogP contribution in [0.15, 0.2) is 394 Å². The minimum Gasteiger partial charge on any atom is -0.485 e. The van der Waals surface area contributed by atoms with E-state index in [0.717, 1.165) is 11.5 Å². The molecule has 127 heavy (non-hydrogen) atoms. The molecule has 0 fully saturated rings. The van der Waals surface area contributed by atoms with Gasteiger partial charge in [-0.25, -0.2) is 0 Å². The first-order chi connectivity index (χ1) is 58.9. The third kappa shape index (κ3) is 19.8. The molecule has 636 valence electrons. The van der Waals surface area contributed by atoms with Gasteiger partial charge in [-0.15, -0.1) is 34.0 Å². The van der Waals surface area contributed by atoms with Crippen molar-refractivity contribution in [1.29, 1.82) is 0 Å². The van der Waals surface area contributed by atoms with Crippen LogP contribution in [0.1, 0.15) is 90.2 Å². The number of thiophene rings is 3. The van der Waals surface area contributed by atoms with Gasteiger partial charge < -0.3 is 9.47 Å². The largest absolute Gasteiger partial charge is 0.485 e. The lowest BCUT2D eigenvalue weighted by molar-refractivity contribution is 0.173. The minimum absolute atomic E-state index is 0. The normalized spacial score (nSPS) is 10.9. The molecule has 1 aliphatic rings. The first kappa shape index (κ1) is 94.2. The van der Waals surface area contributed by atoms with Crippen LogP contribution >= 0.6 is 34.0 Å². The summed E-state index contributed by atoms with van der Waals surface area (Å²) < 4.78 is 16.9. The number of hydrogen-bond acceptors (Lipinski definition) is 5. The molecule has 0 saturated heterocycles. The molecule has 23 aromatic rings. The highest BCUT2D eigenvalue weighted by Gasteiger charge is 2.23. The number of ether oxygens (including phenoxy) is 2. The summed E-state index contributed by atoms with van der Waals surface area (Å²) >= 11 is 5.49. The average Bonchev–Trinajstić information content (AvgIpc) is 1.71. The molecule has 24 rings (SSSR count). The zero-order valence-electron chi connectivity index (χ0n) is 68.5. The molecule has 0 N–H and O–H groups in total. The summed E-state index contributed by atoms with van der Waals surface area (Å²) in [6, 6.07) is 141. The van der Waals surface area contributed by atoms with E-state index in [-0.39, 0.29) is 52.0 Å². The fourth-order valence-corrected chi connectivity index (χ4v) is 20.2. The zero-order valence-corrected chi connectivity index (χ0v) is 70.9. The van der Waals surface area contributed by atoms with Crippen molar-refractivity contribution < 1.29 is 9.47 Å². The Hall–Kier alpha value is -13.5. The van der Waals surface area contributed by atoms with Gasteiger partial charge in [-0.2, -0.15) is 0 Å². The van der Waals surface area contributed by atoms with E-state index in [1.165, 1.54) is 208 Å². The summed E-state index contributed by atoms with van der Waals surface area (Å²) in [5.41, 5.74) is 14.2. The average molecular weight is 1710 g/mol. The van der Waals surface area contributed by atoms with Crippen molar-refractivity contribution in [3.8, 4) is 44.2 Å². The van der Waals surface area contributed by atoms with Crippen LogP contribution in [-0.4, -0.2) is 13.2 Å². The van der Waals surface area contributed by atoms with Gasteiger partial charge in [0.25, 0.3) is 0 Å². The van der Waals surface area contributed by atoms with Crippen LogP contribution in [0.4, 0.5) is 0 Å². The molecule has 5 heteroatoms. The molecule has 0 aliphatic carbocycles. The van der Waals surface area contributed by atoms with Crippen LogP contribution in [0.3, 0.4) is 0 Å². The first-order valence-corrected chi connectivity index (χ1v) is 43.7. The lowest BCUT2D eigenvalue weighted by Crippen LogP contribution is -2.14. The second-order valence-electron chi connectivity index (χ2n) is 31.1. The number of hydrogen-bond donors (Lipinski definition) is 0. The van der Waals surface area contributed by atoms with Crippen LogP contribution in [0, 0.1) is 48.5 Å². The Balaban J connectivity index is 0.000000146. The number of aryl methyl sites for hydroxylation is 7. The molecular weight excluding hydrogens is 1590 g/mol. The Morgan fingerprint density at radius 3 is 0.929 bits per heavy atom. The summed E-state index contributed by atoms with van der Waals surface area (Å²) in [5, 5.41) is 29.5. The van der Waals surface area contributed by atoms with E-state index in [0.29, 0.717) is 13.2 Å². The Labute approximate surface area is 765 Å². The van der Waals surface area contributed by atoms with Crippen LogP contribution in [0.25, 0.3) is 170 Å². The molecule has 4 heterocycles. The van der Waals surface area contributed by atoms with Crippen LogP contribution in [0.2, 0.25) is 0 Å². The third-order valence-corrected chi connectivity index (χ3v) is 26.4. The fraction of sp³-hybridized carbons (Fsp3) is 0.131. The molecule has 1 aliphatic heterocycles. The smallest absolute Gasteiger partial charge is 0.180 e. The van der Waals surface area contributed by atoms with Crippen LogP contribution in [0.5, 0.6) is 11.5 Å². The second kappa shape index (κ2) is 42.4. The maximum absolute atomic E-state index is 5.72. The van der Waals surface area contributed by atoms with Gasteiger partial charge in [0.2, 0.25) is 0 Å². The quantitative estimate of drug-likeness (QED) is 0.164. The van der Waals surface area contributed by atoms with E-state index in [9.17, 15) is 0 Å². The molecule has 0 atom stereocenters. The molecule has 0 radical (unpaired) electrons. The molecule has 0 saturated carbocycles. The monoisotopic (exact) mass is 1710 g/mol. The van der Waals surface area contributed by atoms with Gasteiger partial charge in [0.15, 0.2) is 11.5 Å². The van der Waals surface area contributed by atoms with Crippen molar-refractivity contribution >= 4 is 171 Å². The van der Waals surface area contributed by atoms with Crippen molar-refractivity contribution in [2.75, 3.05) is 13.2 Å². The Morgan fingerprint density at radius 1 is 0.181 bits per heavy atom. The molecular formula is C122H118O2S3. The second-order valence-corrected chi connectivity index (χ2v) is 34.5. The van der Waals surface area contributed by atoms with Gasteiger partial charge in [-0.1, -0.05) is 438 Å². The van der Waals surface area contributed by atoms with Gasteiger partial charge in [0.1, 0.15) is 13.2 Å². The molecule has 0 spiro atoms. The Morgan fingerprint density at radius 2 is 0.472 bits per heavy atom. The van der Waals surface area contributed by atoms with Crippen molar-refractivity contribution in [1.82, 2.24) is 0 Å². The van der Waals surface area contributed by atoms with E-state index < -0.39 is 0 Å². The topological polar surface area (TPSA) is 18.5 Å². The lowest BCUT2D eigenvalue weighted by Gasteiger charge is -2.16. The van der Waals surface area contributed by atoms with E-state index in [4.69, 9.17) is 9.47 Å². The molecule has 0 amide bonds.